The predicted octanol–water partition coefficient (Wildman–Crippen LogP) is 3.90. The number of hydrogen-bond donors (Lipinski definition) is 0. The van der Waals surface area contributed by atoms with Crippen molar-refractivity contribution >= 4 is 11.8 Å². The van der Waals surface area contributed by atoms with Gasteiger partial charge in [0.1, 0.15) is 5.78 Å². The van der Waals surface area contributed by atoms with Crippen LogP contribution < -0.4 is 0 Å². The van der Waals surface area contributed by atoms with Gasteiger partial charge in [-0.3, -0.25) is 4.79 Å². The first-order valence-corrected chi connectivity index (χ1v) is 6.67. The van der Waals surface area contributed by atoms with Crippen LogP contribution in [0.2, 0.25) is 0 Å². The van der Waals surface area contributed by atoms with Crippen molar-refractivity contribution in [1.82, 2.24) is 0 Å². The van der Waals surface area contributed by atoms with E-state index in [4.69, 9.17) is 4.74 Å². The highest BCUT2D eigenvalue weighted by molar-refractivity contribution is 5.72. The number of ketones is 1. The molecule has 3 heteroatoms. The Morgan fingerprint density at radius 1 is 0.882 bits per heavy atom. The van der Waals surface area contributed by atoms with Crippen LogP contribution in [-0.4, -0.2) is 18.4 Å². The van der Waals surface area contributed by atoms with E-state index in [1.54, 1.807) is 0 Å². The van der Waals surface area contributed by atoms with Gasteiger partial charge in [0, 0.05) is 6.42 Å². The molecule has 17 heavy (non-hydrogen) atoms. The molecule has 0 atom stereocenters. The average Bonchev–Trinajstić information content (AvgIpc) is 2.25. The summed E-state index contributed by atoms with van der Waals surface area (Å²) in [4.78, 5) is 20.5. The van der Waals surface area contributed by atoms with Gasteiger partial charge in [0.05, 0.1) is 6.61 Å². The van der Waals surface area contributed by atoms with Crippen LogP contribution in [0, 0.1) is 0 Å². The molecular formula is C14H28O3. The average molecular weight is 244 g/mol. The molecule has 0 aliphatic rings. The molecule has 0 saturated heterocycles. The van der Waals surface area contributed by atoms with Crippen molar-refractivity contribution in [2.24, 2.45) is 0 Å². The molecule has 0 fully saturated rings. The van der Waals surface area contributed by atoms with Gasteiger partial charge in [-0.15, -0.1) is 0 Å². The molecule has 3 nitrogen and oxygen atoms in total. The molecule has 0 rings (SSSR count). The summed E-state index contributed by atoms with van der Waals surface area (Å²) in [6.45, 7) is 7.83. The molecule has 0 heterocycles. The summed E-state index contributed by atoms with van der Waals surface area (Å²) in [5.74, 6) is 0.137. The van der Waals surface area contributed by atoms with Crippen molar-refractivity contribution in [3.8, 4) is 0 Å². The van der Waals surface area contributed by atoms with Gasteiger partial charge in [-0.2, -0.15) is 0 Å². The van der Waals surface area contributed by atoms with E-state index in [1.807, 2.05) is 6.92 Å². The Balaban J connectivity index is 0. The molecule has 102 valence electrons. The first-order chi connectivity index (χ1) is 8.04. The Hall–Kier alpha value is -0.860. The van der Waals surface area contributed by atoms with E-state index in [-0.39, 0.29) is 11.8 Å². The standard InChI is InChI=1S/C11H22O2.C3H6O/c1-3-5-6-7-8-9-11(12)13-10-4-2;1-3(2)4/h3-10H2,1-2H3;1-2H3. The maximum Gasteiger partial charge on any atom is 0.305 e. The van der Waals surface area contributed by atoms with E-state index < -0.39 is 0 Å². The lowest BCUT2D eigenvalue weighted by atomic mass is 10.1. The summed E-state index contributed by atoms with van der Waals surface area (Å²) in [5, 5.41) is 0. The number of hydrogen-bond acceptors (Lipinski definition) is 3. The number of rotatable bonds is 8. The summed E-state index contributed by atoms with van der Waals surface area (Å²) in [5.41, 5.74) is 0. The second-order valence-electron chi connectivity index (χ2n) is 4.29. The van der Waals surface area contributed by atoms with Crippen LogP contribution in [0.4, 0.5) is 0 Å². The molecule has 0 aliphatic carbocycles. The minimum atomic E-state index is -0.0293. The predicted molar refractivity (Wildman–Crippen MR) is 71.0 cm³/mol. The monoisotopic (exact) mass is 244 g/mol. The van der Waals surface area contributed by atoms with E-state index in [9.17, 15) is 9.59 Å². The molecule has 0 spiro atoms. The number of carbonyl (C=O) groups excluding carboxylic acids is 2. The zero-order chi connectivity index (χ0) is 13.5. The zero-order valence-corrected chi connectivity index (χ0v) is 11.9. The van der Waals surface area contributed by atoms with Crippen LogP contribution in [0.25, 0.3) is 0 Å². The van der Waals surface area contributed by atoms with Gasteiger partial charge in [-0.1, -0.05) is 39.5 Å². The van der Waals surface area contributed by atoms with E-state index in [1.165, 1.54) is 33.1 Å². The fourth-order valence-electron chi connectivity index (χ4n) is 1.16. The lowest BCUT2D eigenvalue weighted by Crippen LogP contribution is -2.04. The third-order valence-electron chi connectivity index (χ3n) is 1.95. The lowest BCUT2D eigenvalue weighted by molar-refractivity contribution is -0.143. The van der Waals surface area contributed by atoms with Crippen LogP contribution in [0.15, 0.2) is 0 Å². The number of Topliss-reactive ketones (excluding diaryl/α,β-unsaturated/α-hetero) is 1. The molecule has 0 aromatic rings. The normalized spacial score (nSPS) is 9.18. The van der Waals surface area contributed by atoms with Crippen molar-refractivity contribution in [2.75, 3.05) is 6.61 Å². The van der Waals surface area contributed by atoms with Crippen molar-refractivity contribution in [1.29, 1.82) is 0 Å². The van der Waals surface area contributed by atoms with Crippen molar-refractivity contribution in [2.45, 2.75) is 72.6 Å². The minimum Gasteiger partial charge on any atom is -0.466 e. The third-order valence-corrected chi connectivity index (χ3v) is 1.95. The highest BCUT2D eigenvalue weighted by Gasteiger charge is 2.00. The first kappa shape index (κ1) is 18.5. The molecule has 0 radical (unpaired) electrons. The van der Waals surface area contributed by atoms with Crippen LogP contribution in [-0.2, 0) is 14.3 Å². The Labute approximate surface area is 106 Å². The van der Waals surface area contributed by atoms with Crippen molar-refractivity contribution in [3.05, 3.63) is 0 Å². The fraction of sp³-hybridized carbons (Fsp3) is 0.857. The number of unbranched alkanes of at least 4 members (excludes halogenated alkanes) is 4. The molecule has 0 N–H and O–H groups in total. The van der Waals surface area contributed by atoms with Crippen LogP contribution in [0.1, 0.15) is 72.6 Å². The largest absolute Gasteiger partial charge is 0.466 e. The number of carbonyl (C=O) groups is 2. The van der Waals surface area contributed by atoms with Crippen LogP contribution in [0.3, 0.4) is 0 Å². The lowest BCUT2D eigenvalue weighted by Gasteiger charge is -2.02. The molecule has 0 aromatic carbocycles. The maximum absolute atomic E-state index is 11.0. The second-order valence-corrected chi connectivity index (χ2v) is 4.29. The van der Waals surface area contributed by atoms with Gasteiger partial charge < -0.3 is 9.53 Å². The van der Waals surface area contributed by atoms with E-state index in [0.29, 0.717) is 13.0 Å². The first-order valence-electron chi connectivity index (χ1n) is 6.67. The summed E-state index contributed by atoms with van der Waals surface area (Å²) < 4.78 is 4.96. The van der Waals surface area contributed by atoms with Crippen molar-refractivity contribution in [3.63, 3.8) is 0 Å². The minimum absolute atomic E-state index is 0.0293. The smallest absolute Gasteiger partial charge is 0.305 e. The Kier molecular flexibility index (Phi) is 16.5. The summed E-state index contributed by atoms with van der Waals surface area (Å²) in [7, 11) is 0. The Bertz CT molecular complexity index is 184. The molecule has 0 saturated carbocycles. The Morgan fingerprint density at radius 2 is 1.41 bits per heavy atom. The van der Waals surface area contributed by atoms with E-state index in [0.717, 1.165) is 19.3 Å². The van der Waals surface area contributed by atoms with Gasteiger partial charge in [-0.05, 0) is 26.7 Å². The van der Waals surface area contributed by atoms with Crippen molar-refractivity contribution < 1.29 is 14.3 Å². The van der Waals surface area contributed by atoms with E-state index in [2.05, 4.69) is 6.92 Å². The molecule has 0 aliphatic heterocycles. The topological polar surface area (TPSA) is 43.4 Å². The van der Waals surface area contributed by atoms with Gasteiger partial charge in [-0.25, -0.2) is 0 Å². The molecule has 0 bridgehead atoms. The summed E-state index contributed by atoms with van der Waals surface area (Å²) in [6, 6.07) is 0. The maximum atomic E-state index is 11.0. The Morgan fingerprint density at radius 3 is 1.88 bits per heavy atom. The highest BCUT2D eigenvalue weighted by Crippen LogP contribution is 2.05. The number of ether oxygens (including phenoxy) is 1. The van der Waals surface area contributed by atoms with E-state index >= 15 is 0 Å². The van der Waals surface area contributed by atoms with Crippen LogP contribution in [0.5, 0.6) is 0 Å². The quantitative estimate of drug-likeness (QED) is 0.480. The molecule has 0 aromatic heterocycles. The number of esters is 1. The van der Waals surface area contributed by atoms with Gasteiger partial charge in [0.15, 0.2) is 0 Å². The van der Waals surface area contributed by atoms with Gasteiger partial charge >= 0.3 is 5.97 Å². The summed E-state index contributed by atoms with van der Waals surface area (Å²) >= 11 is 0. The molecular weight excluding hydrogens is 216 g/mol. The molecule has 0 unspecified atom stereocenters. The van der Waals surface area contributed by atoms with Crippen LogP contribution >= 0.6 is 0 Å². The SMILES string of the molecule is CC(C)=O.CCCCCCCC(=O)OCCC. The molecule has 0 amide bonds. The second kappa shape index (κ2) is 15.1. The zero-order valence-electron chi connectivity index (χ0n) is 11.9. The summed E-state index contributed by atoms with van der Waals surface area (Å²) in [6.07, 6.45) is 7.45. The third kappa shape index (κ3) is 25.4. The van der Waals surface area contributed by atoms with Gasteiger partial charge in [0.25, 0.3) is 0 Å². The fourth-order valence-corrected chi connectivity index (χ4v) is 1.16. The highest BCUT2D eigenvalue weighted by atomic mass is 16.5. The van der Waals surface area contributed by atoms with Gasteiger partial charge in [0.2, 0.25) is 0 Å².